The van der Waals surface area contributed by atoms with Crippen LogP contribution in [0.5, 0.6) is 0 Å². The maximum Gasteiger partial charge on any atom is 0.303 e. The number of hydrogen-bond donors (Lipinski definition) is 1. The van der Waals surface area contributed by atoms with Gasteiger partial charge in [0, 0.05) is 34.1 Å². The zero-order chi connectivity index (χ0) is 22.1. The van der Waals surface area contributed by atoms with Gasteiger partial charge in [0.2, 0.25) is 5.91 Å². The van der Waals surface area contributed by atoms with Gasteiger partial charge in [0.15, 0.2) is 24.3 Å². The Labute approximate surface area is 168 Å². The highest BCUT2D eigenvalue weighted by Gasteiger charge is 2.51. The first-order chi connectivity index (χ1) is 13.5. The van der Waals surface area contributed by atoms with Crippen LogP contribution in [-0.2, 0) is 47.7 Å². The van der Waals surface area contributed by atoms with E-state index < -0.39 is 54.5 Å². The second-order valence-electron chi connectivity index (χ2n) is 6.42. The van der Waals surface area contributed by atoms with Gasteiger partial charge in [-0.05, 0) is 0 Å². The van der Waals surface area contributed by atoms with E-state index in [0.29, 0.717) is 0 Å². The van der Waals surface area contributed by atoms with Crippen LogP contribution in [0.25, 0.3) is 0 Å². The van der Waals surface area contributed by atoms with Crippen LogP contribution in [0.1, 0.15) is 41.0 Å². The molecule has 1 aliphatic rings. The highest BCUT2D eigenvalue weighted by molar-refractivity contribution is 5.79. The molecule has 0 unspecified atom stereocenters. The number of nitrogens with one attached hydrogen (secondary N) is 1. The summed E-state index contributed by atoms with van der Waals surface area (Å²) in [5.41, 5.74) is 0. The van der Waals surface area contributed by atoms with Crippen molar-refractivity contribution in [3.63, 3.8) is 0 Å². The summed E-state index contributed by atoms with van der Waals surface area (Å²) in [5.74, 6) is -2.74. The zero-order valence-electron chi connectivity index (χ0n) is 17.1. The van der Waals surface area contributed by atoms with Crippen LogP contribution < -0.4 is 5.32 Å². The molecule has 0 bridgehead atoms. The van der Waals surface area contributed by atoms with E-state index in [0.717, 1.165) is 13.8 Å². The molecule has 1 heterocycles. The van der Waals surface area contributed by atoms with Crippen LogP contribution in [-0.4, -0.2) is 73.5 Å². The summed E-state index contributed by atoms with van der Waals surface area (Å²) in [7, 11) is 0. The van der Waals surface area contributed by atoms with Crippen LogP contribution in [0.3, 0.4) is 0 Å². The van der Waals surface area contributed by atoms with Gasteiger partial charge in [0.05, 0.1) is 0 Å². The van der Waals surface area contributed by atoms with Crippen molar-refractivity contribution in [2.75, 3.05) is 13.2 Å². The smallest absolute Gasteiger partial charge is 0.303 e. The first kappa shape index (κ1) is 24.5. The van der Waals surface area contributed by atoms with Gasteiger partial charge in [-0.1, -0.05) is 6.92 Å². The first-order valence-electron chi connectivity index (χ1n) is 9.08. The lowest BCUT2D eigenvalue weighted by Gasteiger charge is -2.44. The topological polar surface area (TPSA) is 144 Å². The van der Waals surface area contributed by atoms with Crippen LogP contribution in [0, 0.1) is 0 Å². The lowest BCUT2D eigenvalue weighted by atomic mass is 9.96. The third kappa shape index (κ3) is 8.16. The van der Waals surface area contributed by atoms with Crippen molar-refractivity contribution in [2.24, 2.45) is 0 Å². The van der Waals surface area contributed by atoms with E-state index in [1.807, 2.05) is 0 Å². The molecule has 11 nitrogen and oxygen atoms in total. The predicted molar refractivity (Wildman–Crippen MR) is 95.3 cm³/mol. The van der Waals surface area contributed by atoms with E-state index in [4.69, 9.17) is 23.7 Å². The minimum atomic E-state index is -1.23. The Morgan fingerprint density at radius 1 is 0.897 bits per heavy atom. The average Bonchev–Trinajstić information content (AvgIpc) is 2.60. The van der Waals surface area contributed by atoms with Gasteiger partial charge in [0.25, 0.3) is 0 Å². The predicted octanol–water partition coefficient (Wildman–Crippen LogP) is -0.362. The normalized spacial score (nSPS) is 26.2. The average molecular weight is 417 g/mol. The highest BCUT2D eigenvalue weighted by atomic mass is 16.7. The molecule has 164 valence electrons. The standard InChI is InChI=1S/C18H27NO10/c1-6-13(24)7-26-18-15(19-9(2)20)17(28-12(5)23)16(27-11(4)22)14(29-18)8-25-10(3)21/h14-18H,6-8H2,1-5H3,(H,19,20)/t14-,15-,16+,17-,18-/m1/s1. The van der Waals surface area contributed by atoms with Crippen LogP contribution >= 0.6 is 0 Å². The molecule has 1 fully saturated rings. The molecule has 0 spiro atoms. The summed E-state index contributed by atoms with van der Waals surface area (Å²) >= 11 is 0. The summed E-state index contributed by atoms with van der Waals surface area (Å²) in [6, 6.07) is -1.08. The van der Waals surface area contributed by atoms with Crippen molar-refractivity contribution in [3.8, 4) is 0 Å². The van der Waals surface area contributed by atoms with Crippen molar-refractivity contribution in [3.05, 3.63) is 0 Å². The Kier molecular flexibility index (Phi) is 9.69. The number of Topliss-reactive ketones (excluding diaryl/α,β-unsaturated/α-hetero) is 1. The Morgan fingerprint density at radius 3 is 1.97 bits per heavy atom. The summed E-state index contributed by atoms with van der Waals surface area (Å²) in [6.07, 6.45) is -4.49. The van der Waals surface area contributed by atoms with Gasteiger partial charge >= 0.3 is 17.9 Å². The van der Waals surface area contributed by atoms with E-state index >= 15 is 0 Å². The fourth-order valence-corrected chi connectivity index (χ4v) is 2.71. The lowest BCUT2D eigenvalue weighted by molar-refractivity contribution is -0.276. The number of amides is 1. The van der Waals surface area contributed by atoms with Gasteiger partial charge in [-0.15, -0.1) is 0 Å². The van der Waals surface area contributed by atoms with Gasteiger partial charge in [0.1, 0.15) is 25.4 Å². The Bertz CT molecular complexity index is 634. The first-order valence-corrected chi connectivity index (χ1v) is 9.08. The van der Waals surface area contributed by atoms with E-state index in [1.54, 1.807) is 6.92 Å². The molecule has 29 heavy (non-hydrogen) atoms. The maximum atomic E-state index is 11.7. The monoisotopic (exact) mass is 417 g/mol. The molecule has 0 aromatic heterocycles. The number of rotatable bonds is 9. The molecular weight excluding hydrogens is 390 g/mol. The molecular formula is C18H27NO10. The second kappa shape index (κ2) is 11.5. The molecule has 11 heteroatoms. The van der Waals surface area contributed by atoms with Crippen LogP contribution in [0.2, 0.25) is 0 Å². The minimum absolute atomic E-state index is 0.220. The van der Waals surface area contributed by atoms with E-state index in [9.17, 15) is 24.0 Å². The van der Waals surface area contributed by atoms with Crippen molar-refractivity contribution >= 4 is 29.6 Å². The number of hydrogen-bond acceptors (Lipinski definition) is 10. The Morgan fingerprint density at radius 2 is 1.48 bits per heavy atom. The largest absolute Gasteiger partial charge is 0.463 e. The van der Waals surface area contributed by atoms with Gasteiger partial charge in [-0.3, -0.25) is 24.0 Å². The number of esters is 3. The van der Waals surface area contributed by atoms with Gasteiger partial charge in [-0.2, -0.15) is 0 Å². The molecule has 0 aliphatic carbocycles. The SMILES string of the molecule is CCC(=O)CO[C@@H]1O[C@H](COC(C)=O)[C@H](OC(C)=O)[C@H](OC(C)=O)[C@H]1NC(C)=O. The van der Waals surface area contributed by atoms with Crippen molar-refractivity contribution in [1.29, 1.82) is 0 Å². The number of ether oxygens (including phenoxy) is 5. The van der Waals surface area contributed by atoms with E-state index in [-0.39, 0.29) is 25.4 Å². The van der Waals surface area contributed by atoms with Crippen LogP contribution in [0.4, 0.5) is 0 Å². The molecule has 0 aromatic carbocycles. The molecule has 1 rings (SSSR count). The molecule has 1 aliphatic heterocycles. The van der Waals surface area contributed by atoms with E-state index in [1.165, 1.54) is 13.8 Å². The third-order valence-electron chi connectivity index (χ3n) is 3.87. The number of carbonyl (C=O) groups is 5. The second-order valence-corrected chi connectivity index (χ2v) is 6.42. The fraction of sp³-hybridized carbons (Fsp3) is 0.722. The van der Waals surface area contributed by atoms with Crippen molar-refractivity contribution < 1.29 is 47.7 Å². The molecule has 5 atom stereocenters. The summed E-state index contributed by atoms with van der Waals surface area (Å²) in [4.78, 5) is 57.8. The molecule has 1 amide bonds. The molecule has 1 N–H and O–H groups in total. The number of carbonyl (C=O) groups excluding carboxylic acids is 5. The Balaban J connectivity index is 3.26. The minimum Gasteiger partial charge on any atom is -0.463 e. The van der Waals surface area contributed by atoms with Gasteiger partial charge in [-0.25, -0.2) is 0 Å². The summed E-state index contributed by atoms with van der Waals surface area (Å²) < 4.78 is 26.7. The molecule has 0 saturated carbocycles. The molecule has 0 aromatic rings. The lowest BCUT2D eigenvalue weighted by Crippen LogP contribution is -2.66. The Hall–Kier alpha value is -2.53. The summed E-state index contributed by atoms with van der Waals surface area (Å²) in [6.45, 7) is 5.70. The quantitative estimate of drug-likeness (QED) is 0.390. The third-order valence-corrected chi connectivity index (χ3v) is 3.87. The molecule has 1 saturated heterocycles. The van der Waals surface area contributed by atoms with E-state index in [2.05, 4.69) is 5.32 Å². The van der Waals surface area contributed by atoms with Crippen molar-refractivity contribution in [2.45, 2.75) is 71.7 Å². The van der Waals surface area contributed by atoms with Crippen LogP contribution in [0.15, 0.2) is 0 Å². The highest BCUT2D eigenvalue weighted by Crippen LogP contribution is 2.28. The van der Waals surface area contributed by atoms with Gasteiger partial charge < -0.3 is 29.0 Å². The fourth-order valence-electron chi connectivity index (χ4n) is 2.71. The summed E-state index contributed by atoms with van der Waals surface area (Å²) in [5, 5.41) is 2.54. The maximum absolute atomic E-state index is 11.7. The number of ketones is 1. The molecule has 0 radical (unpaired) electrons. The zero-order valence-corrected chi connectivity index (χ0v) is 17.1. The van der Waals surface area contributed by atoms with Crippen molar-refractivity contribution in [1.82, 2.24) is 5.32 Å².